The molecule has 0 saturated carbocycles. The Morgan fingerprint density at radius 1 is 0.519 bits per heavy atom. The maximum atomic E-state index is 12.1. The molecule has 7 nitrogen and oxygen atoms in total. The highest BCUT2D eigenvalue weighted by Gasteiger charge is 2.08. The summed E-state index contributed by atoms with van der Waals surface area (Å²) < 4.78 is 15.7. The normalized spacial score (nSPS) is 7.56. The van der Waals surface area contributed by atoms with Crippen LogP contribution in [0.15, 0.2) is 0 Å². The van der Waals surface area contributed by atoms with E-state index < -0.39 is 18.1 Å². The molecule has 0 spiro atoms. The Hall–Kier alpha value is -8.81. The number of terminal acetylenes is 2. The molecule has 2 unspecified atom stereocenters. The lowest BCUT2D eigenvalue weighted by Crippen LogP contribution is -2.29. The summed E-state index contributed by atoms with van der Waals surface area (Å²) in [6.07, 6.45) is 8.51. The van der Waals surface area contributed by atoms with Gasteiger partial charge >= 0.3 is 6.09 Å². The summed E-state index contributed by atoms with van der Waals surface area (Å²) in [5, 5.41) is 20.5. The van der Waals surface area contributed by atoms with Gasteiger partial charge in [-0.25, -0.2) is 4.79 Å². The zero-order chi connectivity index (χ0) is 39.3. The average Bonchev–Trinajstić information content (AvgIpc) is 3.18. The van der Waals surface area contributed by atoms with E-state index >= 15 is 0 Å². The van der Waals surface area contributed by atoms with Crippen molar-refractivity contribution >= 4 is 6.09 Å². The number of aliphatic hydroxyl groups is 2. The molecule has 0 saturated heterocycles. The van der Waals surface area contributed by atoms with Crippen molar-refractivity contribution in [2.75, 3.05) is 46.2 Å². The Morgan fingerprint density at radius 2 is 0.907 bits per heavy atom. The summed E-state index contributed by atoms with van der Waals surface area (Å²) in [6.45, 7) is 0.366. The van der Waals surface area contributed by atoms with Gasteiger partial charge in [-0.15, -0.1) is 12.8 Å². The molecule has 252 valence electrons. The smallest absolute Gasteiger partial charge is 0.407 e. The molecule has 0 radical (unpaired) electrons. The van der Waals surface area contributed by atoms with Gasteiger partial charge in [-0.05, 0) is 189 Å². The highest BCUT2D eigenvalue weighted by molar-refractivity contribution is 5.67. The second-order valence-corrected chi connectivity index (χ2v) is 8.31. The van der Waals surface area contributed by atoms with Gasteiger partial charge in [-0.2, -0.15) is 0 Å². The molecule has 0 aliphatic carbocycles. The lowest BCUT2D eigenvalue weighted by atomic mass is 10.1. The van der Waals surface area contributed by atoms with E-state index in [1.54, 1.807) is 0 Å². The standard InChI is InChI=1S/C47H23NO6/c1-3-5-7-9-11-13-15-17-19-21-23-25-27-29-31-33-35-37-45(43-54-47(51)48-38-39-52-40-41-53-44-46(50)42-49)36-34-32-30-28-26-24-22-20-18-16-14-12-10-8-6-4-2/h1-2,45-46,49-50H,37-44H2,(H,48,51). The first-order valence-corrected chi connectivity index (χ1v) is 14.9. The SMILES string of the molecule is C#CC#CC#CC#CC#CC#CC#CC#CC#CCC(C#CC#CC#CC#CC#CC#CC#CC#CC#C)COC(=O)NCCOCCOCC(O)CO. The van der Waals surface area contributed by atoms with Crippen molar-refractivity contribution in [3.8, 4) is 214 Å². The number of rotatable bonds is 12. The Balaban J connectivity index is 5.22. The van der Waals surface area contributed by atoms with Crippen LogP contribution in [-0.4, -0.2) is 68.6 Å². The maximum absolute atomic E-state index is 12.1. The zero-order valence-electron chi connectivity index (χ0n) is 28.5. The van der Waals surface area contributed by atoms with Gasteiger partial charge in [0.15, 0.2) is 0 Å². The summed E-state index contributed by atoms with van der Waals surface area (Å²) in [6, 6.07) is 0. The van der Waals surface area contributed by atoms with Crippen molar-refractivity contribution < 1.29 is 29.2 Å². The van der Waals surface area contributed by atoms with Crippen LogP contribution in [0.25, 0.3) is 0 Å². The zero-order valence-corrected chi connectivity index (χ0v) is 28.5. The Morgan fingerprint density at radius 3 is 1.33 bits per heavy atom. The topological polar surface area (TPSA) is 97.3 Å². The van der Waals surface area contributed by atoms with Crippen molar-refractivity contribution in [3.05, 3.63) is 0 Å². The number of hydrogen-bond donors (Lipinski definition) is 3. The van der Waals surface area contributed by atoms with Gasteiger partial charge in [0.2, 0.25) is 0 Å². The van der Waals surface area contributed by atoms with Gasteiger partial charge in [0.05, 0.1) is 39.0 Å². The molecule has 0 heterocycles. The summed E-state index contributed by atoms with van der Waals surface area (Å²) in [4.78, 5) is 12.1. The Kier molecular flexibility index (Phi) is 32.3. The van der Waals surface area contributed by atoms with Crippen LogP contribution in [0.2, 0.25) is 0 Å². The van der Waals surface area contributed by atoms with Crippen LogP contribution < -0.4 is 5.32 Å². The average molecular weight is 698 g/mol. The first-order valence-electron chi connectivity index (χ1n) is 14.9. The lowest BCUT2D eigenvalue weighted by molar-refractivity contribution is -0.0143. The molecule has 0 bridgehead atoms. The molecule has 0 aliphatic rings. The first kappa shape index (κ1) is 45.2. The van der Waals surface area contributed by atoms with Gasteiger partial charge in [0.1, 0.15) is 12.7 Å². The number of carbonyl (C=O) groups excluding carboxylic acids is 1. The van der Waals surface area contributed by atoms with Crippen molar-refractivity contribution in [1.82, 2.24) is 5.32 Å². The second kappa shape index (κ2) is 38.6. The summed E-state index contributed by atoms with van der Waals surface area (Å²) in [5.74, 6) is 84.1. The van der Waals surface area contributed by atoms with Crippen LogP contribution >= 0.6 is 0 Å². The summed E-state index contributed by atoms with van der Waals surface area (Å²) in [7, 11) is 0. The number of ether oxygens (including phenoxy) is 3. The van der Waals surface area contributed by atoms with E-state index in [4.69, 9.17) is 32.2 Å². The highest BCUT2D eigenvalue weighted by atomic mass is 16.6. The fourth-order valence-electron chi connectivity index (χ4n) is 2.34. The Labute approximate surface area is 318 Å². The molecule has 0 aromatic heterocycles. The van der Waals surface area contributed by atoms with Crippen LogP contribution in [0.1, 0.15) is 6.42 Å². The summed E-state index contributed by atoms with van der Waals surface area (Å²) >= 11 is 0. The molecule has 0 aromatic rings. The van der Waals surface area contributed by atoms with Gasteiger partial charge in [-0.3, -0.25) is 0 Å². The van der Waals surface area contributed by atoms with E-state index in [1.807, 2.05) is 0 Å². The molecule has 3 N–H and O–H groups in total. The van der Waals surface area contributed by atoms with Crippen LogP contribution in [0, 0.1) is 220 Å². The van der Waals surface area contributed by atoms with Crippen LogP contribution in [0.4, 0.5) is 4.79 Å². The molecule has 2 atom stereocenters. The van der Waals surface area contributed by atoms with E-state index in [2.05, 4.69) is 207 Å². The quantitative estimate of drug-likeness (QED) is 0.187. The fourth-order valence-corrected chi connectivity index (χ4v) is 2.34. The van der Waals surface area contributed by atoms with Gasteiger partial charge in [0.25, 0.3) is 0 Å². The molecule has 7 heteroatoms. The Bertz CT molecular complexity index is 2480. The third kappa shape index (κ3) is 36.0. The number of alkyl carbamates (subject to hydrolysis) is 1. The molecule has 1 amide bonds. The van der Waals surface area contributed by atoms with E-state index in [-0.39, 0.29) is 52.6 Å². The molecule has 0 rings (SSSR count). The number of hydrogen-bond acceptors (Lipinski definition) is 6. The number of aliphatic hydroxyl groups excluding tert-OH is 2. The van der Waals surface area contributed by atoms with Crippen molar-refractivity contribution in [3.63, 3.8) is 0 Å². The molecular formula is C47H23NO6. The first-order chi connectivity index (χ1) is 26.6. The minimum Gasteiger partial charge on any atom is -0.448 e. The third-order valence-corrected chi connectivity index (χ3v) is 4.43. The third-order valence-electron chi connectivity index (χ3n) is 4.43. The molecule has 0 aromatic carbocycles. The van der Waals surface area contributed by atoms with Crippen LogP contribution in [-0.2, 0) is 14.2 Å². The maximum Gasteiger partial charge on any atom is 0.407 e. The van der Waals surface area contributed by atoms with Gasteiger partial charge < -0.3 is 29.7 Å². The largest absolute Gasteiger partial charge is 0.448 e. The van der Waals surface area contributed by atoms with Crippen molar-refractivity contribution in [2.24, 2.45) is 5.92 Å². The monoisotopic (exact) mass is 697 g/mol. The van der Waals surface area contributed by atoms with Gasteiger partial charge in [-0.1, -0.05) is 11.8 Å². The molecule has 0 aliphatic heterocycles. The predicted molar refractivity (Wildman–Crippen MR) is 204 cm³/mol. The molecular weight excluding hydrogens is 675 g/mol. The van der Waals surface area contributed by atoms with Crippen molar-refractivity contribution in [2.45, 2.75) is 12.5 Å². The summed E-state index contributed by atoms with van der Waals surface area (Å²) in [5.41, 5.74) is 0. The lowest BCUT2D eigenvalue weighted by Gasteiger charge is -2.11. The minimum absolute atomic E-state index is 0.00381. The molecule has 54 heavy (non-hydrogen) atoms. The van der Waals surface area contributed by atoms with Crippen LogP contribution in [0.3, 0.4) is 0 Å². The van der Waals surface area contributed by atoms with Crippen LogP contribution in [0.5, 0.6) is 0 Å². The minimum atomic E-state index is -0.941. The number of amides is 1. The van der Waals surface area contributed by atoms with Gasteiger partial charge in [0, 0.05) is 13.0 Å². The van der Waals surface area contributed by atoms with E-state index in [1.165, 1.54) is 0 Å². The van der Waals surface area contributed by atoms with E-state index in [0.717, 1.165) is 0 Å². The van der Waals surface area contributed by atoms with Crippen molar-refractivity contribution in [1.29, 1.82) is 0 Å². The number of nitrogens with one attached hydrogen (secondary N) is 1. The second-order valence-electron chi connectivity index (χ2n) is 8.31. The van der Waals surface area contributed by atoms with E-state index in [0.29, 0.717) is 0 Å². The number of carbonyl (C=O) groups is 1. The van der Waals surface area contributed by atoms with E-state index in [9.17, 15) is 9.90 Å². The molecule has 0 fully saturated rings. The highest BCUT2D eigenvalue weighted by Crippen LogP contribution is 2.01. The predicted octanol–water partition coefficient (Wildman–Crippen LogP) is -0.574. The fraction of sp³-hybridized carbons (Fsp3) is 0.213.